The van der Waals surface area contributed by atoms with Crippen LogP contribution in [0, 0.1) is 18.6 Å². The summed E-state index contributed by atoms with van der Waals surface area (Å²) >= 11 is 3.15. The van der Waals surface area contributed by atoms with Crippen LogP contribution in [0.15, 0.2) is 32.3 Å². The molecular formula is C20H24BrF2N3O4. The van der Waals surface area contributed by atoms with Crippen LogP contribution in [0.3, 0.4) is 0 Å². The second kappa shape index (κ2) is 9.11. The highest BCUT2D eigenvalue weighted by molar-refractivity contribution is 9.10. The summed E-state index contributed by atoms with van der Waals surface area (Å²) in [5.74, 6) is -1.59. The van der Waals surface area contributed by atoms with Crippen molar-refractivity contribution in [1.82, 2.24) is 14.5 Å². The topological polar surface area (TPSA) is 82.3 Å². The molecule has 1 amide bonds. The molecule has 1 aromatic carbocycles. The lowest BCUT2D eigenvalue weighted by Crippen LogP contribution is -2.47. The Morgan fingerprint density at radius 1 is 1.20 bits per heavy atom. The van der Waals surface area contributed by atoms with Crippen molar-refractivity contribution >= 4 is 22.0 Å². The van der Waals surface area contributed by atoms with E-state index in [-0.39, 0.29) is 22.3 Å². The molecular weight excluding hydrogens is 464 g/mol. The fourth-order valence-corrected chi connectivity index (χ4v) is 3.21. The Kier molecular flexibility index (Phi) is 7.23. The van der Waals surface area contributed by atoms with E-state index >= 15 is 0 Å². The maximum atomic E-state index is 14.1. The van der Waals surface area contributed by atoms with Crippen LogP contribution in [-0.2, 0) is 17.8 Å². The smallest absolute Gasteiger partial charge is 0.407 e. The number of hydrogen-bond donors (Lipinski definition) is 1. The Morgan fingerprint density at radius 3 is 2.30 bits per heavy atom. The van der Waals surface area contributed by atoms with Crippen LogP contribution >= 0.6 is 15.9 Å². The number of rotatable bonds is 5. The highest BCUT2D eigenvalue weighted by Gasteiger charge is 2.21. The van der Waals surface area contributed by atoms with Gasteiger partial charge in [0.25, 0.3) is 5.56 Å². The molecule has 0 aliphatic heterocycles. The Balaban J connectivity index is 2.39. The van der Waals surface area contributed by atoms with Gasteiger partial charge in [-0.1, -0.05) is 6.07 Å². The average molecular weight is 488 g/mol. The van der Waals surface area contributed by atoms with E-state index in [1.54, 1.807) is 27.7 Å². The van der Waals surface area contributed by atoms with Crippen LogP contribution in [0.5, 0.6) is 0 Å². The molecule has 1 atom stereocenters. The van der Waals surface area contributed by atoms with Crippen molar-refractivity contribution in [1.29, 1.82) is 0 Å². The third kappa shape index (κ3) is 5.56. The Bertz CT molecular complexity index is 1050. The molecule has 2 aromatic rings. The summed E-state index contributed by atoms with van der Waals surface area (Å²) in [6, 6.07) is 2.79. The minimum absolute atomic E-state index is 0.0864. The number of ether oxygens (including phenoxy) is 1. The maximum absolute atomic E-state index is 14.1. The zero-order chi connectivity index (χ0) is 22.8. The summed E-state index contributed by atoms with van der Waals surface area (Å²) in [6.45, 7) is 7.67. The third-order valence-corrected chi connectivity index (χ3v) is 5.13. The first-order valence-electron chi connectivity index (χ1n) is 9.24. The Hall–Kier alpha value is -2.49. The summed E-state index contributed by atoms with van der Waals surface area (Å²) in [4.78, 5) is 37.5. The van der Waals surface area contributed by atoms with E-state index in [0.717, 1.165) is 21.3 Å². The number of nitrogens with one attached hydrogen (secondary N) is 1. The molecule has 0 saturated heterocycles. The molecule has 1 heterocycles. The van der Waals surface area contributed by atoms with Crippen molar-refractivity contribution in [2.24, 2.45) is 0 Å². The second-order valence-corrected chi connectivity index (χ2v) is 8.72. The molecule has 0 spiro atoms. The standard InChI is InChI=1S/C20H24BrF2N3O4/c1-11(24-18(28)30-20(3,4)5)9-26-17(27)16(21)12(2)25(19(26)29)10-13-14(22)7-6-8-15(13)23/h6-8,11H,9-10H2,1-5H3,(H,24,28). The van der Waals surface area contributed by atoms with Crippen molar-refractivity contribution in [2.75, 3.05) is 0 Å². The largest absolute Gasteiger partial charge is 0.444 e. The summed E-state index contributed by atoms with van der Waals surface area (Å²) in [6.07, 6.45) is -0.692. The van der Waals surface area contributed by atoms with E-state index < -0.39 is 47.2 Å². The quantitative estimate of drug-likeness (QED) is 0.701. The van der Waals surface area contributed by atoms with Gasteiger partial charge in [0.15, 0.2) is 0 Å². The lowest BCUT2D eigenvalue weighted by atomic mass is 10.2. The normalized spacial score (nSPS) is 12.5. The molecule has 1 N–H and O–H groups in total. The van der Waals surface area contributed by atoms with E-state index in [9.17, 15) is 23.2 Å². The highest BCUT2D eigenvalue weighted by Crippen LogP contribution is 2.16. The fraction of sp³-hybridized carbons (Fsp3) is 0.450. The molecule has 164 valence electrons. The molecule has 0 fully saturated rings. The first-order chi connectivity index (χ1) is 13.8. The number of carbonyl (C=O) groups is 1. The van der Waals surface area contributed by atoms with Gasteiger partial charge in [0.05, 0.1) is 13.1 Å². The lowest BCUT2D eigenvalue weighted by molar-refractivity contribution is 0.0503. The van der Waals surface area contributed by atoms with Gasteiger partial charge in [-0.2, -0.15) is 0 Å². The first-order valence-corrected chi connectivity index (χ1v) is 10.0. The molecule has 10 heteroatoms. The van der Waals surface area contributed by atoms with E-state index in [0.29, 0.717) is 0 Å². The average Bonchev–Trinajstić information content (AvgIpc) is 2.61. The monoisotopic (exact) mass is 487 g/mol. The molecule has 0 saturated carbocycles. The van der Waals surface area contributed by atoms with Crippen molar-refractivity contribution in [3.05, 3.63) is 66.4 Å². The van der Waals surface area contributed by atoms with Gasteiger partial charge in [-0.15, -0.1) is 0 Å². The summed E-state index contributed by atoms with van der Waals surface area (Å²) in [5, 5.41) is 2.56. The van der Waals surface area contributed by atoms with Crippen LogP contribution in [0.1, 0.15) is 39.0 Å². The van der Waals surface area contributed by atoms with E-state index in [4.69, 9.17) is 4.74 Å². The number of nitrogens with zero attached hydrogens (tertiary/aromatic N) is 2. The summed E-state index contributed by atoms with van der Waals surface area (Å²) < 4.78 is 35.4. The SMILES string of the molecule is Cc1c(Br)c(=O)n(CC(C)NC(=O)OC(C)(C)C)c(=O)n1Cc1c(F)cccc1F. The molecule has 1 unspecified atom stereocenters. The van der Waals surface area contributed by atoms with Crippen LogP contribution < -0.4 is 16.6 Å². The number of amides is 1. The van der Waals surface area contributed by atoms with Crippen molar-refractivity contribution in [3.8, 4) is 0 Å². The predicted octanol–water partition coefficient (Wildman–Crippen LogP) is 3.32. The van der Waals surface area contributed by atoms with Gasteiger partial charge < -0.3 is 10.1 Å². The van der Waals surface area contributed by atoms with Crippen molar-refractivity contribution in [3.63, 3.8) is 0 Å². The number of alkyl carbamates (subject to hydrolysis) is 1. The molecule has 30 heavy (non-hydrogen) atoms. The van der Waals surface area contributed by atoms with E-state index in [1.807, 2.05) is 0 Å². The zero-order valence-corrected chi connectivity index (χ0v) is 19.0. The Morgan fingerprint density at radius 2 is 1.77 bits per heavy atom. The van der Waals surface area contributed by atoms with E-state index in [2.05, 4.69) is 21.2 Å². The van der Waals surface area contributed by atoms with Gasteiger partial charge in [0, 0.05) is 17.3 Å². The first kappa shape index (κ1) is 23.8. The van der Waals surface area contributed by atoms with Gasteiger partial charge in [-0.3, -0.25) is 13.9 Å². The van der Waals surface area contributed by atoms with Gasteiger partial charge >= 0.3 is 11.8 Å². The molecule has 7 nitrogen and oxygen atoms in total. The summed E-state index contributed by atoms with van der Waals surface area (Å²) in [7, 11) is 0. The van der Waals surface area contributed by atoms with Crippen LogP contribution in [0.4, 0.5) is 13.6 Å². The minimum atomic E-state index is -0.796. The number of carbonyl (C=O) groups excluding carboxylic acids is 1. The van der Waals surface area contributed by atoms with Crippen LogP contribution in [-0.4, -0.2) is 26.9 Å². The van der Waals surface area contributed by atoms with Crippen LogP contribution in [0.25, 0.3) is 0 Å². The van der Waals surface area contributed by atoms with E-state index in [1.165, 1.54) is 13.0 Å². The fourth-order valence-electron chi connectivity index (χ4n) is 2.78. The molecule has 1 aromatic heterocycles. The van der Waals surface area contributed by atoms with Crippen molar-refractivity contribution in [2.45, 2.75) is 59.4 Å². The van der Waals surface area contributed by atoms with Gasteiger partial charge in [0.1, 0.15) is 21.7 Å². The third-order valence-electron chi connectivity index (χ3n) is 4.21. The van der Waals surface area contributed by atoms with Crippen molar-refractivity contribution < 1.29 is 18.3 Å². The number of halogens is 3. The second-order valence-electron chi connectivity index (χ2n) is 7.93. The van der Waals surface area contributed by atoms with Gasteiger partial charge in [-0.05, 0) is 62.7 Å². The minimum Gasteiger partial charge on any atom is -0.444 e. The number of hydrogen-bond acceptors (Lipinski definition) is 4. The lowest BCUT2D eigenvalue weighted by Gasteiger charge is -2.22. The maximum Gasteiger partial charge on any atom is 0.407 e. The molecule has 0 aliphatic rings. The van der Waals surface area contributed by atoms with Crippen LogP contribution in [0.2, 0.25) is 0 Å². The highest BCUT2D eigenvalue weighted by atomic mass is 79.9. The molecule has 0 aliphatic carbocycles. The zero-order valence-electron chi connectivity index (χ0n) is 17.4. The molecule has 2 rings (SSSR count). The number of benzene rings is 1. The van der Waals surface area contributed by atoms with Gasteiger partial charge in [0.2, 0.25) is 0 Å². The number of aromatic nitrogens is 2. The summed E-state index contributed by atoms with van der Waals surface area (Å²) in [5.41, 5.74) is -2.12. The van der Waals surface area contributed by atoms with Gasteiger partial charge in [-0.25, -0.2) is 18.4 Å². The molecule has 0 radical (unpaired) electrons. The Labute approximate surface area is 180 Å². The molecule has 0 bridgehead atoms. The predicted molar refractivity (Wildman–Crippen MR) is 112 cm³/mol.